The number of tetrazole rings is 1. The van der Waals surface area contributed by atoms with E-state index in [1.165, 1.54) is 0 Å². The number of amides is 1. The second-order valence-electron chi connectivity index (χ2n) is 8.38. The highest BCUT2D eigenvalue weighted by Gasteiger charge is 2.33. The van der Waals surface area contributed by atoms with Gasteiger partial charge in [-0.15, -0.1) is 5.10 Å². The molecule has 1 unspecified atom stereocenters. The first-order chi connectivity index (χ1) is 17.7. The van der Waals surface area contributed by atoms with Crippen LogP contribution in [0.2, 0.25) is 0 Å². The number of Topliss-reactive ketones (excluding diaryl/α,β-unsaturated/α-hetero) is 1. The molecule has 0 spiro atoms. The lowest BCUT2D eigenvalue weighted by atomic mass is 10.0. The first kappa shape index (κ1) is 21.7. The summed E-state index contributed by atoms with van der Waals surface area (Å²) in [5.74, 6) is 0.204. The molecule has 4 heterocycles. The van der Waals surface area contributed by atoms with E-state index in [1.54, 1.807) is 58.2 Å². The lowest BCUT2D eigenvalue weighted by molar-refractivity contribution is 0.0570. The Morgan fingerprint density at radius 1 is 0.972 bits per heavy atom. The normalized spacial score (nSPS) is 15.8. The molecule has 1 amide bonds. The zero-order valence-corrected chi connectivity index (χ0v) is 19.1. The number of piperazine rings is 1. The molecule has 11 nitrogen and oxygen atoms in total. The van der Waals surface area contributed by atoms with Gasteiger partial charge in [-0.05, 0) is 59.0 Å². The van der Waals surface area contributed by atoms with Gasteiger partial charge in [-0.3, -0.25) is 14.6 Å². The predicted octanol–water partition coefficient (Wildman–Crippen LogP) is 2.11. The fourth-order valence-electron chi connectivity index (χ4n) is 4.38. The molecule has 0 aliphatic carbocycles. The zero-order valence-electron chi connectivity index (χ0n) is 19.1. The number of aromatic nitrogens is 6. The first-order valence-electron chi connectivity index (χ1n) is 11.5. The molecule has 1 saturated heterocycles. The molecule has 0 saturated carbocycles. The second kappa shape index (κ2) is 9.12. The number of carbonyl (C=O) groups excluding carboxylic acids is 2. The van der Waals surface area contributed by atoms with E-state index in [1.807, 2.05) is 24.3 Å². The highest BCUT2D eigenvalue weighted by molar-refractivity contribution is 6.04. The molecule has 2 N–H and O–H groups in total. The number of ketones is 1. The van der Waals surface area contributed by atoms with Gasteiger partial charge in [-0.2, -0.15) is 4.52 Å². The molecule has 0 radical (unpaired) electrons. The van der Waals surface area contributed by atoms with Crippen LogP contribution in [0.1, 0.15) is 20.7 Å². The molecular formula is C25H21N9O2. The van der Waals surface area contributed by atoms with E-state index in [2.05, 4.69) is 36.1 Å². The second-order valence-corrected chi connectivity index (χ2v) is 8.38. The van der Waals surface area contributed by atoms with Crippen LogP contribution in [0.25, 0.3) is 16.7 Å². The number of nitrogens with one attached hydrogen (secondary N) is 2. The SMILES string of the molecule is O=C(c1ccncc1)C1CNCCN1C(=O)c1ccc(Nc2nc3ccccc3n3nnnc23)cc1. The highest BCUT2D eigenvalue weighted by Crippen LogP contribution is 2.23. The van der Waals surface area contributed by atoms with E-state index in [9.17, 15) is 9.59 Å². The number of nitrogens with zero attached hydrogens (tertiary/aromatic N) is 7. The van der Waals surface area contributed by atoms with Gasteiger partial charge in [0.25, 0.3) is 5.91 Å². The minimum atomic E-state index is -0.582. The van der Waals surface area contributed by atoms with Crippen LogP contribution in [0.15, 0.2) is 73.1 Å². The summed E-state index contributed by atoms with van der Waals surface area (Å²) in [6, 6.07) is 17.4. The van der Waals surface area contributed by atoms with Crippen LogP contribution in [0.3, 0.4) is 0 Å². The minimum absolute atomic E-state index is 0.107. The molecule has 178 valence electrons. The van der Waals surface area contributed by atoms with Crippen molar-refractivity contribution in [1.29, 1.82) is 0 Å². The van der Waals surface area contributed by atoms with E-state index in [0.29, 0.717) is 42.2 Å². The maximum atomic E-state index is 13.4. The molecule has 1 aliphatic heterocycles. The van der Waals surface area contributed by atoms with Crippen LogP contribution in [0, 0.1) is 0 Å². The third-order valence-corrected chi connectivity index (χ3v) is 6.19. The average Bonchev–Trinajstić information content (AvgIpc) is 3.44. The summed E-state index contributed by atoms with van der Waals surface area (Å²) in [4.78, 5) is 36.7. The van der Waals surface area contributed by atoms with Crippen molar-refractivity contribution in [2.75, 3.05) is 25.0 Å². The molecule has 2 aromatic carbocycles. The number of hydrogen-bond acceptors (Lipinski definition) is 9. The van der Waals surface area contributed by atoms with Crippen molar-refractivity contribution in [1.82, 2.24) is 40.2 Å². The monoisotopic (exact) mass is 479 g/mol. The number of benzene rings is 2. The molecule has 1 aliphatic rings. The summed E-state index contributed by atoms with van der Waals surface area (Å²) in [5.41, 5.74) is 3.80. The summed E-state index contributed by atoms with van der Waals surface area (Å²) in [6.07, 6.45) is 3.16. The maximum Gasteiger partial charge on any atom is 0.254 e. The Morgan fingerprint density at radius 2 is 1.78 bits per heavy atom. The summed E-state index contributed by atoms with van der Waals surface area (Å²) < 4.78 is 1.63. The van der Waals surface area contributed by atoms with Crippen LogP contribution in [0.4, 0.5) is 11.5 Å². The van der Waals surface area contributed by atoms with Crippen molar-refractivity contribution in [3.8, 4) is 0 Å². The molecular weight excluding hydrogens is 458 g/mol. The van der Waals surface area contributed by atoms with Crippen LogP contribution in [-0.4, -0.2) is 72.3 Å². The third kappa shape index (κ3) is 3.91. The molecule has 6 rings (SSSR count). The molecule has 1 fully saturated rings. The van der Waals surface area contributed by atoms with E-state index in [0.717, 1.165) is 16.7 Å². The largest absolute Gasteiger partial charge is 0.337 e. The topological polar surface area (TPSA) is 130 Å². The van der Waals surface area contributed by atoms with Crippen molar-refractivity contribution in [2.24, 2.45) is 0 Å². The lowest BCUT2D eigenvalue weighted by Gasteiger charge is -2.35. The number of anilines is 2. The van der Waals surface area contributed by atoms with Crippen LogP contribution < -0.4 is 10.6 Å². The summed E-state index contributed by atoms with van der Waals surface area (Å²) >= 11 is 0. The van der Waals surface area contributed by atoms with Crippen molar-refractivity contribution in [3.05, 3.63) is 84.2 Å². The van der Waals surface area contributed by atoms with Crippen LogP contribution in [0.5, 0.6) is 0 Å². The molecule has 11 heteroatoms. The van der Waals surface area contributed by atoms with Gasteiger partial charge in [0.05, 0.1) is 11.0 Å². The number of carbonyl (C=O) groups is 2. The summed E-state index contributed by atoms with van der Waals surface area (Å²) in [5, 5.41) is 18.4. The lowest BCUT2D eigenvalue weighted by Crippen LogP contribution is -2.57. The van der Waals surface area contributed by atoms with E-state index < -0.39 is 6.04 Å². The van der Waals surface area contributed by atoms with Gasteiger partial charge in [0.1, 0.15) is 6.04 Å². The predicted molar refractivity (Wildman–Crippen MR) is 132 cm³/mol. The van der Waals surface area contributed by atoms with Gasteiger partial charge in [-0.1, -0.05) is 12.1 Å². The first-order valence-corrected chi connectivity index (χ1v) is 11.5. The van der Waals surface area contributed by atoms with Gasteiger partial charge >= 0.3 is 0 Å². The average molecular weight is 480 g/mol. The Hall–Kier alpha value is -4.77. The standard InChI is InChI=1S/C25H21N9O2/c35-22(16-9-11-26-12-10-16)21-15-27-13-14-33(21)25(36)17-5-7-18(8-6-17)28-23-24-30-31-32-34(24)20-4-2-1-3-19(20)29-23/h1-12,21,27H,13-15H2,(H,28,29). The van der Waals surface area contributed by atoms with Gasteiger partial charge in [0.2, 0.25) is 5.65 Å². The minimum Gasteiger partial charge on any atom is -0.337 e. The van der Waals surface area contributed by atoms with E-state index in [-0.39, 0.29) is 11.7 Å². The molecule has 36 heavy (non-hydrogen) atoms. The van der Waals surface area contributed by atoms with E-state index in [4.69, 9.17) is 0 Å². The zero-order chi connectivity index (χ0) is 24.5. The highest BCUT2D eigenvalue weighted by atomic mass is 16.2. The van der Waals surface area contributed by atoms with Gasteiger partial charge in [0, 0.05) is 48.8 Å². The van der Waals surface area contributed by atoms with Crippen molar-refractivity contribution in [3.63, 3.8) is 0 Å². The van der Waals surface area contributed by atoms with Gasteiger partial charge in [-0.25, -0.2) is 4.98 Å². The van der Waals surface area contributed by atoms with Crippen molar-refractivity contribution >= 4 is 39.9 Å². The maximum absolute atomic E-state index is 13.4. The summed E-state index contributed by atoms with van der Waals surface area (Å²) in [6.45, 7) is 1.48. The fraction of sp³-hybridized carbons (Fsp3) is 0.160. The number of rotatable bonds is 5. The Bertz CT molecular complexity index is 1570. The van der Waals surface area contributed by atoms with Crippen LogP contribution in [-0.2, 0) is 0 Å². The molecule has 0 bridgehead atoms. The Kier molecular flexibility index (Phi) is 5.51. The van der Waals surface area contributed by atoms with E-state index >= 15 is 0 Å². The Morgan fingerprint density at radius 3 is 2.61 bits per heavy atom. The number of pyridine rings is 1. The molecule has 3 aromatic heterocycles. The number of hydrogen-bond donors (Lipinski definition) is 2. The quantitative estimate of drug-likeness (QED) is 0.364. The molecule has 5 aromatic rings. The Labute approximate surface area is 205 Å². The number of fused-ring (bicyclic) bond motifs is 3. The van der Waals surface area contributed by atoms with Gasteiger partial charge < -0.3 is 15.5 Å². The summed E-state index contributed by atoms with van der Waals surface area (Å²) in [7, 11) is 0. The smallest absolute Gasteiger partial charge is 0.254 e. The number of para-hydroxylation sites is 2. The van der Waals surface area contributed by atoms with Crippen LogP contribution >= 0.6 is 0 Å². The Balaban J connectivity index is 1.24. The van der Waals surface area contributed by atoms with Crippen molar-refractivity contribution < 1.29 is 9.59 Å². The van der Waals surface area contributed by atoms with Gasteiger partial charge in [0.15, 0.2) is 11.6 Å². The fourth-order valence-corrected chi connectivity index (χ4v) is 4.38. The van der Waals surface area contributed by atoms with Crippen molar-refractivity contribution in [2.45, 2.75) is 6.04 Å². The third-order valence-electron chi connectivity index (χ3n) is 6.19. The molecule has 1 atom stereocenters.